The Kier molecular flexibility index (Phi) is 3.79. The molecule has 1 aliphatic rings. The van der Waals surface area contributed by atoms with Gasteiger partial charge >= 0.3 is 5.97 Å². The van der Waals surface area contributed by atoms with Crippen LogP contribution < -0.4 is 4.90 Å². The Morgan fingerprint density at radius 1 is 1.00 bits per heavy atom. The van der Waals surface area contributed by atoms with E-state index in [0.717, 1.165) is 4.90 Å². The Labute approximate surface area is 161 Å². The second-order valence-corrected chi connectivity index (χ2v) is 6.74. The van der Waals surface area contributed by atoms with Crippen LogP contribution in [-0.2, 0) is 0 Å². The topological polar surface area (TPSA) is 74.7 Å². The van der Waals surface area contributed by atoms with Crippen molar-refractivity contribution in [2.45, 2.75) is 13.8 Å². The minimum Gasteiger partial charge on any atom is -0.478 e. The highest BCUT2D eigenvalue weighted by Gasteiger charge is 2.36. The summed E-state index contributed by atoms with van der Waals surface area (Å²) in [4.78, 5) is 39.2. The number of benzene rings is 3. The van der Waals surface area contributed by atoms with Crippen LogP contribution in [0, 0.1) is 26.2 Å². The summed E-state index contributed by atoms with van der Waals surface area (Å²) in [7, 11) is 0. The number of imide groups is 1. The van der Waals surface area contributed by atoms with Crippen molar-refractivity contribution in [2.24, 2.45) is 0 Å². The van der Waals surface area contributed by atoms with Gasteiger partial charge in [0.05, 0.1) is 11.3 Å². The van der Waals surface area contributed by atoms with E-state index >= 15 is 0 Å². The second kappa shape index (κ2) is 6.07. The van der Waals surface area contributed by atoms with Gasteiger partial charge in [0.25, 0.3) is 11.8 Å². The van der Waals surface area contributed by atoms with Gasteiger partial charge in [0.15, 0.2) is 0 Å². The Morgan fingerprint density at radius 2 is 1.61 bits per heavy atom. The maximum atomic E-state index is 13.3. The van der Waals surface area contributed by atoms with Gasteiger partial charge in [-0.25, -0.2) is 9.69 Å². The molecule has 0 atom stereocenters. The van der Waals surface area contributed by atoms with Crippen LogP contribution in [0.4, 0.5) is 5.69 Å². The van der Waals surface area contributed by atoms with Crippen molar-refractivity contribution in [3.05, 3.63) is 75.8 Å². The lowest BCUT2D eigenvalue weighted by atomic mass is 9.90. The number of aryl methyl sites for hydroxylation is 2. The fourth-order valence-corrected chi connectivity index (χ4v) is 3.88. The average Bonchev–Trinajstić information content (AvgIpc) is 2.67. The zero-order chi connectivity index (χ0) is 20.2. The number of aromatic carboxylic acids is 1. The predicted molar refractivity (Wildman–Crippen MR) is 106 cm³/mol. The number of carboxylic acids is 1. The van der Waals surface area contributed by atoms with E-state index in [0.29, 0.717) is 44.3 Å². The SMILES string of the molecule is C#Cc1cc(C)c(N2C(=O)c3cccc4c(C(=O)O)ccc(c34)C2=O)c(C)c1. The first kappa shape index (κ1) is 17.5. The lowest BCUT2D eigenvalue weighted by Crippen LogP contribution is -2.41. The van der Waals surface area contributed by atoms with Gasteiger partial charge in [-0.2, -0.15) is 0 Å². The van der Waals surface area contributed by atoms with Gasteiger partial charge in [0, 0.05) is 22.1 Å². The summed E-state index contributed by atoms with van der Waals surface area (Å²) >= 11 is 0. The molecule has 28 heavy (non-hydrogen) atoms. The number of amides is 2. The molecule has 2 amide bonds. The third-order valence-electron chi connectivity index (χ3n) is 5.02. The van der Waals surface area contributed by atoms with Crippen molar-refractivity contribution in [1.82, 2.24) is 0 Å². The van der Waals surface area contributed by atoms with Crippen molar-refractivity contribution < 1.29 is 19.5 Å². The summed E-state index contributed by atoms with van der Waals surface area (Å²) in [6.45, 7) is 3.60. The maximum Gasteiger partial charge on any atom is 0.336 e. The molecule has 0 unspecified atom stereocenters. The summed E-state index contributed by atoms with van der Waals surface area (Å²) in [5, 5.41) is 10.2. The second-order valence-electron chi connectivity index (χ2n) is 6.74. The van der Waals surface area contributed by atoms with Gasteiger partial charge in [-0.3, -0.25) is 9.59 Å². The van der Waals surface area contributed by atoms with Crippen LogP contribution in [0.2, 0.25) is 0 Å². The molecule has 0 aliphatic carbocycles. The molecule has 0 fully saturated rings. The molecule has 136 valence electrons. The zero-order valence-corrected chi connectivity index (χ0v) is 15.2. The lowest BCUT2D eigenvalue weighted by Gasteiger charge is -2.30. The number of rotatable bonds is 2. The standard InChI is InChI=1S/C23H15NO4/c1-4-14-10-12(2)20(13(3)11-14)24-21(25)17-7-5-6-15-16(23(27)28)8-9-18(19(15)17)22(24)26/h1,5-11H,2-3H3,(H,27,28). The molecule has 0 aromatic heterocycles. The molecule has 3 aromatic rings. The quantitative estimate of drug-likeness (QED) is 0.548. The third-order valence-corrected chi connectivity index (χ3v) is 5.02. The van der Waals surface area contributed by atoms with Crippen molar-refractivity contribution in [3.63, 3.8) is 0 Å². The summed E-state index contributed by atoms with van der Waals surface area (Å²) in [5.41, 5.74) is 3.26. The van der Waals surface area contributed by atoms with Crippen LogP contribution in [0.1, 0.15) is 47.8 Å². The van der Waals surface area contributed by atoms with Gasteiger partial charge < -0.3 is 5.11 Å². The first-order valence-electron chi connectivity index (χ1n) is 8.60. The number of hydrogen-bond acceptors (Lipinski definition) is 3. The first-order valence-corrected chi connectivity index (χ1v) is 8.60. The number of nitrogens with zero attached hydrogens (tertiary/aromatic N) is 1. The van der Waals surface area contributed by atoms with E-state index < -0.39 is 17.8 Å². The highest BCUT2D eigenvalue weighted by Crippen LogP contribution is 2.37. The maximum absolute atomic E-state index is 13.3. The summed E-state index contributed by atoms with van der Waals surface area (Å²) in [5.74, 6) is 0.495. The minimum atomic E-state index is -1.11. The first-order chi connectivity index (χ1) is 13.3. The molecule has 1 aliphatic heterocycles. The van der Waals surface area contributed by atoms with E-state index in [-0.39, 0.29) is 5.56 Å². The normalized spacial score (nSPS) is 13.0. The van der Waals surface area contributed by atoms with E-state index in [2.05, 4.69) is 5.92 Å². The van der Waals surface area contributed by atoms with Gasteiger partial charge in [0.2, 0.25) is 0 Å². The molecule has 0 bridgehead atoms. The Hall–Kier alpha value is -3.91. The van der Waals surface area contributed by atoms with Crippen molar-refractivity contribution >= 4 is 34.2 Å². The van der Waals surface area contributed by atoms with Crippen LogP contribution in [0.5, 0.6) is 0 Å². The van der Waals surface area contributed by atoms with Gasteiger partial charge in [-0.1, -0.05) is 18.1 Å². The summed E-state index contributed by atoms with van der Waals surface area (Å²) in [6.07, 6.45) is 5.48. The smallest absolute Gasteiger partial charge is 0.336 e. The molecular weight excluding hydrogens is 354 g/mol. The highest BCUT2D eigenvalue weighted by atomic mass is 16.4. The molecule has 0 saturated carbocycles. The molecule has 1 N–H and O–H groups in total. The largest absolute Gasteiger partial charge is 0.478 e. The fraction of sp³-hybridized carbons (Fsp3) is 0.0870. The van der Waals surface area contributed by atoms with Crippen LogP contribution >= 0.6 is 0 Å². The van der Waals surface area contributed by atoms with E-state index in [1.165, 1.54) is 12.1 Å². The molecular formula is C23H15NO4. The minimum absolute atomic E-state index is 0.0559. The molecule has 5 heteroatoms. The molecule has 0 radical (unpaired) electrons. The van der Waals surface area contributed by atoms with Crippen molar-refractivity contribution in [3.8, 4) is 12.3 Å². The number of hydrogen-bond donors (Lipinski definition) is 1. The third kappa shape index (κ3) is 2.32. The van der Waals surface area contributed by atoms with E-state index in [1.807, 2.05) is 0 Å². The lowest BCUT2D eigenvalue weighted by molar-refractivity contribution is 0.0697. The number of carbonyl (C=O) groups is 3. The monoisotopic (exact) mass is 369 g/mol. The summed E-state index contributed by atoms with van der Waals surface area (Å²) < 4.78 is 0. The van der Waals surface area contributed by atoms with Crippen LogP contribution in [0.15, 0.2) is 42.5 Å². The molecule has 0 spiro atoms. The van der Waals surface area contributed by atoms with E-state index in [1.54, 1.807) is 44.2 Å². The Morgan fingerprint density at radius 3 is 2.18 bits per heavy atom. The number of carbonyl (C=O) groups excluding carboxylic acids is 2. The number of carboxylic acid groups (broad SMARTS) is 1. The molecule has 1 heterocycles. The average molecular weight is 369 g/mol. The fourth-order valence-electron chi connectivity index (χ4n) is 3.88. The van der Waals surface area contributed by atoms with Gasteiger partial charge in [-0.15, -0.1) is 6.42 Å². The van der Waals surface area contributed by atoms with Gasteiger partial charge in [0.1, 0.15) is 0 Å². The van der Waals surface area contributed by atoms with Gasteiger partial charge in [-0.05, 0) is 60.7 Å². The number of anilines is 1. The van der Waals surface area contributed by atoms with Crippen LogP contribution in [0.25, 0.3) is 10.8 Å². The van der Waals surface area contributed by atoms with E-state index in [4.69, 9.17) is 6.42 Å². The molecule has 3 aromatic carbocycles. The molecule has 4 rings (SSSR count). The predicted octanol–water partition coefficient (Wildman–Crippen LogP) is 3.94. The number of terminal acetylenes is 1. The summed E-state index contributed by atoms with van der Waals surface area (Å²) in [6, 6.07) is 11.2. The molecule has 5 nitrogen and oxygen atoms in total. The van der Waals surface area contributed by atoms with Crippen LogP contribution in [0.3, 0.4) is 0 Å². The van der Waals surface area contributed by atoms with E-state index in [9.17, 15) is 19.5 Å². The Bertz CT molecular complexity index is 1220. The van der Waals surface area contributed by atoms with Crippen molar-refractivity contribution in [1.29, 1.82) is 0 Å². The zero-order valence-electron chi connectivity index (χ0n) is 15.2. The van der Waals surface area contributed by atoms with Crippen molar-refractivity contribution in [2.75, 3.05) is 4.90 Å². The van der Waals surface area contributed by atoms with Crippen LogP contribution in [-0.4, -0.2) is 22.9 Å². The molecule has 0 saturated heterocycles. The highest BCUT2D eigenvalue weighted by molar-refractivity contribution is 6.36. The Balaban J connectivity index is 2.01.